The van der Waals surface area contributed by atoms with Gasteiger partial charge < -0.3 is 10.2 Å². The monoisotopic (exact) mass is 431 g/mol. The fourth-order valence-electron chi connectivity index (χ4n) is 4.76. The first-order chi connectivity index (χ1) is 15.4. The molecule has 2 aromatic carbocycles. The number of rotatable bonds is 6. The van der Waals surface area contributed by atoms with Gasteiger partial charge in [0, 0.05) is 11.6 Å². The van der Waals surface area contributed by atoms with E-state index >= 15 is 0 Å². The van der Waals surface area contributed by atoms with Gasteiger partial charge in [0.25, 0.3) is 5.91 Å². The molecular weight excluding hydrogens is 398 g/mol. The molecule has 0 saturated heterocycles. The smallest absolute Gasteiger partial charge is 0.273 e. The van der Waals surface area contributed by atoms with E-state index in [-0.39, 0.29) is 17.5 Å². The van der Waals surface area contributed by atoms with Crippen molar-refractivity contribution in [2.75, 3.05) is 14.1 Å². The Morgan fingerprint density at radius 1 is 1.03 bits per heavy atom. The summed E-state index contributed by atoms with van der Waals surface area (Å²) >= 11 is 0. The highest BCUT2D eigenvalue weighted by Gasteiger charge is 2.38. The Balaban J connectivity index is 1.41. The maximum absolute atomic E-state index is 13.0. The second-order valence-electron chi connectivity index (χ2n) is 9.23. The third-order valence-electron chi connectivity index (χ3n) is 6.97. The average molecular weight is 432 g/mol. The van der Waals surface area contributed by atoms with Crippen molar-refractivity contribution in [2.24, 2.45) is 0 Å². The van der Waals surface area contributed by atoms with Gasteiger partial charge in [-0.15, -0.1) is 5.10 Å². The number of amides is 1. The molecule has 6 nitrogen and oxygen atoms in total. The first-order valence-electron chi connectivity index (χ1n) is 11.4. The number of nitrogens with one attached hydrogen (secondary N) is 1. The molecule has 0 unspecified atom stereocenters. The van der Waals surface area contributed by atoms with Gasteiger partial charge >= 0.3 is 0 Å². The molecule has 0 spiro atoms. The van der Waals surface area contributed by atoms with E-state index in [1.165, 1.54) is 15.9 Å². The summed E-state index contributed by atoms with van der Waals surface area (Å²) in [5.41, 5.74) is 4.78. The van der Waals surface area contributed by atoms with E-state index in [9.17, 15) is 4.79 Å². The fourth-order valence-corrected chi connectivity index (χ4v) is 4.76. The van der Waals surface area contributed by atoms with Crippen LogP contribution in [-0.2, 0) is 6.42 Å². The molecule has 4 rings (SSSR count). The van der Waals surface area contributed by atoms with Crippen LogP contribution in [0, 0.1) is 13.8 Å². The molecule has 1 saturated carbocycles. The number of benzene rings is 2. The van der Waals surface area contributed by atoms with Crippen LogP contribution in [0.1, 0.15) is 53.0 Å². The van der Waals surface area contributed by atoms with E-state index in [0.717, 1.165) is 37.8 Å². The Morgan fingerprint density at radius 3 is 2.34 bits per heavy atom. The molecule has 0 aliphatic heterocycles. The second kappa shape index (κ2) is 9.25. The normalized spacial score (nSPS) is 21.0. The number of likely N-dealkylation sites (N-methyl/N-ethyl adjacent to an activating group) is 1. The van der Waals surface area contributed by atoms with E-state index in [1.807, 2.05) is 37.3 Å². The van der Waals surface area contributed by atoms with Crippen molar-refractivity contribution in [3.05, 3.63) is 77.1 Å². The van der Waals surface area contributed by atoms with Crippen molar-refractivity contribution >= 4 is 5.91 Å². The maximum atomic E-state index is 13.0. The van der Waals surface area contributed by atoms with E-state index in [4.69, 9.17) is 0 Å². The Kier molecular flexibility index (Phi) is 6.42. The van der Waals surface area contributed by atoms with Crippen molar-refractivity contribution in [3.8, 4) is 5.69 Å². The largest absolute Gasteiger partial charge is 0.348 e. The molecule has 32 heavy (non-hydrogen) atoms. The molecule has 0 bridgehead atoms. The third kappa shape index (κ3) is 4.60. The van der Waals surface area contributed by atoms with Crippen molar-refractivity contribution < 1.29 is 4.79 Å². The van der Waals surface area contributed by atoms with Gasteiger partial charge in [-0.3, -0.25) is 4.79 Å². The van der Waals surface area contributed by atoms with Gasteiger partial charge in [0.15, 0.2) is 5.69 Å². The molecule has 1 N–H and O–H groups in total. The summed E-state index contributed by atoms with van der Waals surface area (Å²) in [7, 11) is 4.37. The number of aryl methyl sites for hydroxylation is 2. The lowest BCUT2D eigenvalue weighted by atomic mass is 9.74. The Labute approximate surface area is 190 Å². The first-order valence-corrected chi connectivity index (χ1v) is 11.4. The standard InChI is InChI=1S/C26H33N5O/c1-19-10-8-9-11-21(19)18-26(30(3)4)16-14-22(15-17-26)27-25(32)24-20(2)28-31(29-24)23-12-6-5-7-13-23/h5-13,22H,14-18H2,1-4H3,(H,27,32). The molecule has 6 heteroatoms. The van der Waals surface area contributed by atoms with Crippen LogP contribution in [0.4, 0.5) is 0 Å². The number of para-hydroxylation sites is 1. The summed E-state index contributed by atoms with van der Waals surface area (Å²) in [6.45, 7) is 4.02. The molecule has 1 aliphatic rings. The molecule has 168 valence electrons. The summed E-state index contributed by atoms with van der Waals surface area (Å²) in [5, 5.41) is 12.1. The number of carbonyl (C=O) groups is 1. The van der Waals surface area contributed by atoms with Crippen LogP contribution in [0.25, 0.3) is 5.69 Å². The van der Waals surface area contributed by atoms with Crippen LogP contribution >= 0.6 is 0 Å². The first kappa shape index (κ1) is 22.2. The lowest BCUT2D eigenvalue weighted by Crippen LogP contribution is -2.52. The quantitative estimate of drug-likeness (QED) is 0.638. The number of hydrogen-bond acceptors (Lipinski definition) is 4. The summed E-state index contributed by atoms with van der Waals surface area (Å²) in [6.07, 6.45) is 5.06. The summed E-state index contributed by atoms with van der Waals surface area (Å²) in [5.74, 6) is -0.133. The van der Waals surface area contributed by atoms with E-state index in [2.05, 4.69) is 65.7 Å². The van der Waals surface area contributed by atoms with Gasteiger partial charge in [0.05, 0.1) is 11.4 Å². The van der Waals surface area contributed by atoms with E-state index in [1.54, 1.807) is 0 Å². The molecular formula is C26H33N5O. The Hall–Kier alpha value is -2.99. The van der Waals surface area contributed by atoms with Crippen LogP contribution in [0.5, 0.6) is 0 Å². The van der Waals surface area contributed by atoms with Gasteiger partial charge in [0.2, 0.25) is 0 Å². The minimum Gasteiger partial charge on any atom is -0.348 e. The van der Waals surface area contributed by atoms with Crippen LogP contribution < -0.4 is 5.32 Å². The van der Waals surface area contributed by atoms with E-state index < -0.39 is 0 Å². The van der Waals surface area contributed by atoms with Gasteiger partial charge in [-0.05, 0) is 83.3 Å². The minimum absolute atomic E-state index is 0.125. The van der Waals surface area contributed by atoms with Gasteiger partial charge in [-0.25, -0.2) is 0 Å². The number of aromatic nitrogens is 3. The van der Waals surface area contributed by atoms with Crippen molar-refractivity contribution in [1.82, 2.24) is 25.2 Å². The zero-order chi connectivity index (χ0) is 22.7. The molecule has 1 aromatic heterocycles. The molecule has 3 aromatic rings. The lowest BCUT2D eigenvalue weighted by molar-refractivity contribution is 0.0765. The predicted molar refractivity (Wildman–Crippen MR) is 127 cm³/mol. The number of hydrogen-bond donors (Lipinski definition) is 1. The summed E-state index contributed by atoms with van der Waals surface area (Å²) in [4.78, 5) is 16.9. The summed E-state index contributed by atoms with van der Waals surface area (Å²) in [6, 6.07) is 18.5. The van der Waals surface area contributed by atoms with Crippen molar-refractivity contribution in [2.45, 2.75) is 57.5 Å². The molecule has 1 fully saturated rings. The van der Waals surface area contributed by atoms with Gasteiger partial charge in [0.1, 0.15) is 0 Å². The topological polar surface area (TPSA) is 63.1 Å². The van der Waals surface area contributed by atoms with Crippen molar-refractivity contribution in [1.29, 1.82) is 0 Å². The highest BCUT2D eigenvalue weighted by molar-refractivity contribution is 5.93. The van der Waals surface area contributed by atoms with Gasteiger partial charge in [-0.1, -0.05) is 42.5 Å². The van der Waals surface area contributed by atoms with Crippen LogP contribution in [-0.4, -0.2) is 51.5 Å². The zero-order valence-electron chi connectivity index (χ0n) is 19.5. The SMILES string of the molecule is Cc1ccccc1CC1(N(C)C)CCC(NC(=O)c2nn(-c3ccccc3)nc2C)CC1. The molecule has 1 aliphatic carbocycles. The lowest BCUT2D eigenvalue weighted by Gasteiger charge is -2.45. The van der Waals surface area contributed by atoms with Gasteiger partial charge in [-0.2, -0.15) is 9.90 Å². The van der Waals surface area contributed by atoms with Crippen molar-refractivity contribution in [3.63, 3.8) is 0 Å². The molecule has 1 heterocycles. The Morgan fingerprint density at radius 2 is 1.69 bits per heavy atom. The molecule has 0 atom stereocenters. The number of nitrogens with zero attached hydrogens (tertiary/aromatic N) is 4. The Bertz CT molecular complexity index is 1060. The average Bonchev–Trinajstić information content (AvgIpc) is 3.19. The molecule has 1 amide bonds. The van der Waals surface area contributed by atoms with Crippen LogP contribution in [0.3, 0.4) is 0 Å². The maximum Gasteiger partial charge on any atom is 0.273 e. The number of carbonyl (C=O) groups excluding carboxylic acids is 1. The van der Waals surface area contributed by atoms with Crippen LogP contribution in [0.2, 0.25) is 0 Å². The fraction of sp³-hybridized carbons (Fsp3) is 0.423. The second-order valence-corrected chi connectivity index (χ2v) is 9.23. The third-order valence-corrected chi connectivity index (χ3v) is 6.97. The predicted octanol–water partition coefficient (Wildman–Crippen LogP) is 4.10. The van der Waals surface area contributed by atoms with E-state index in [0.29, 0.717) is 11.4 Å². The van der Waals surface area contributed by atoms with Crippen LogP contribution in [0.15, 0.2) is 54.6 Å². The highest BCUT2D eigenvalue weighted by atomic mass is 16.2. The minimum atomic E-state index is -0.133. The summed E-state index contributed by atoms with van der Waals surface area (Å²) < 4.78 is 0. The zero-order valence-corrected chi connectivity index (χ0v) is 19.5. The molecule has 0 radical (unpaired) electrons. The highest BCUT2D eigenvalue weighted by Crippen LogP contribution is 2.36.